The van der Waals surface area contributed by atoms with E-state index in [1.807, 2.05) is 19.9 Å². The number of hydrogen-bond donors (Lipinski definition) is 2. The van der Waals surface area contributed by atoms with Gasteiger partial charge in [0.25, 0.3) is 0 Å². The number of anilines is 1. The van der Waals surface area contributed by atoms with Gasteiger partial charge in [-0.3, -0.25) is 4.98 Å². The van der Waals surface area contributed by atoms with Gasteiger partial charge in [0.15, 0.2) is 5.84 Å². The second-order valence-corrected chi connectivity index (χ2v) is 5.42. The first-order valence-electron chi connectivity index (χ1n) is 6.74. The molecule has 0 spiro atoms. The predicted octanol–water partition coefficient (Wildman–Crippen LogP) is 2.03. The molecular formula is C14H22N4O. The van der Waals surface area contributed by atoms with Crippen LogP contribution in [0.4, 0.5) is 5.69 Å². The molecule has 2 rings (SSSR count). The van der Waals surface area contributed by atoms with Crippen LogP contribution in [0.2, 0.25) is 0 Å². The van der Waals surface area contributed by atoms with Gasteiger partial charge in [-0.05, 0) is 38.7 Å². The second-order valence-electron chi connectivity index (χ2n) is 5.42. The minimum atomic E-state index is 0.137. The van der Waals surface area contributed by atoms with E-state index in [1.165, 1.54) is 12.8 Å². The van der Waals surface area contributed by atoms with Crippen molar-refractivity contribution in [2.45, 2.75) is 33.6 Å². The van der Waals surface area contributed by atoms with Gasteiger partial charge < -0.3 is 15.8 Å². The summed E-state index contributed by atoms with van der Waals surface area (Å²) in [6.45, 7) is 8.15. The van der Waals surface area contributed by atoms with E-state index in [2.05, 4.69) is 22.0 Å². The van der Waals surface area contributed by atoms with Gasteiger partial charge in [-0.1, -0.05) is 12.1 Å². The smallest absolute Gasteiger partial charge is 0.174 e. The number of amidine groups is 1. The molecule has 0 aromatic carbocycles. The molecule has 0 bridgehead atoms. The Morgan fingerprint density at radius 2 is 2.26 bits per heavy atom. The summed E-state index contributed by atoms with van der Waals surface area (Å²) in [5.41, 5.74) is 9.37. The van der Waals surface area contributed by atoms with Gasteiger partial charge in [0.2, 0.25) is 0 Å². The maximum absolute atomic E-state index is 8.97. The molecule has 19 heavy (non-hydrogen) atoms. The average molecular weight is 262 g/mol. The van der Waals surface area contributed by atoms with Crippen molar-refractivity contribution in [3.63, 3.8) is 0 Å². The average Bonchev–Trinajstić information content (AvgIpc) is 2.37. The summed E-state index contributed by atoms with van der Waals surface area (Å²) in [4.78, 5) is 6.74. The summed E-state index contributed by atoms with van der Waals surface area (Å²) in [5, 5.41) is 12.1. The van der Waals surface area contributed by atoms with Crippen molar-refractivity contribution in [2.75, 3.05) is 18.0 Å². The Kier molecular flexibility index (Phi) is 3.93. The van der Waals surface area contributed by atoms with E-state index in [1.54, 1.807) is 0 Å². The summed E-state index contributed by atoms with van der Waals surface area (Å²) in [5.74, 6) is 0.806. The highest BCUT2D eigenvalue weighted by atomic mass is 16.4. The lowest BCUT2D eigenvalue weighted by Crippen LogP contribution is -2.36. The Hall–Kier alpha value is -1.78. The van der Waals surface area contributed by atoms with Gasteiger partial charge in [0.05, 0.1) is 16.9 Å². The topological polar surface area (TPSA) is 74.7 Å². The van der Waals surface area contributed by atoms with Crippen LogP contribution in [0.1, 0.15) is 36.7 Å². The molecule has 0 saturated carbocycles. The molecule has 1 unspecified atom stereocenters. The van der Waals surface area contributed by atoms with E-state index in [9.17, 15) is 0 Å². The summed E-state index contributed by atoms with van der Waals surface area (Å²) >= 11 is 0. The lowest BCUT2D eigenvalue weighted by molar-refractivity contribution is 0.318. The Morgan fingerprint density at radius 1 is 1.53 bits per heavy atom. The lowest BCUT2D eigenvalue weighted by Gasteiger charge is -2.34. The van der Waals surface area contributed by atoms with Crippen LogP contribution in [0, 0.1) is 19.8 Å². The van der Waals surface area contributed by atoms with Gasteiger partial charge in [0.1, 0.15) is 0 Å². The Labute approximate surface area is 114 Å². The number of aryl methyl sites for hydroxylation is 2. The molecular weight excluding hydrogens is 240 g/mol. The van der Waals surface area contributed by atoms with Crippen LogP contribution in [0.25, 0.3) is 0 Å². The van der Waals surface area contributed by atoms with Crippen molar-refractivity contribution < 1.29 is 5.21 Å². The minimum absolute atomic E-state index is 0.137. The minimum Gasteiger partial charge on any atom is -0.409 e. The number of oxime groups is 1. The first kappa shape index (κ1) is 13.6. The van der Waals surface area contributed by atoms with Crippen molar-refractivity contribution in [3.8, 4) is 0 Å². The Balaban J connectivity index is 2.48. The molecule has 3 N–H and O–H groups in total. The van der Waals surface area contributed by atoms with Crippen molar-refractivity contribution in [1.82, 2.24) is 4.98 Å². The monoisotopic (exact) mass is 262 g/mol. The molecule has 5 heteroatoms. The number of nitrogens with two attached hydrogens (primary N) is 1. The van der Waals surface area contributed by atoms with Crippen LogP contribution >= 0.6 is 0 Å². The molecule has 1 atom stereocenters. The van der Waals surface area contributed by atoms with Gasteiger partial charge >= 0.3 is 0 Å². The zero-order valence-electron chi connectivity index (χ0n) is 11.8. The molecule has 2 heterocycles. The van der Waals surface area contributed by atoms with E-state index in [-0.39, 0.29) is 5.84 Å². The van der Waals surface area contributed by atoms with Crippen LogP contribution < -0.4 is 10.6 Å². The lowest BCUT2D eigenvalue weighted by atomic mass is 9.98. The maximum Gasteiger partial charge on any atom is 0.174 e. The Morgan fingerprint density at radius 3 is 2.89 bits per heavy atom. The molecule has 104 valence electrons. The third kappa shape index (κ3) is 2.80. The standard InChI is InChI=1S/C14H22N4O/c1-9-5-4-6-18(8-9)12-7-10(2)16-11(3)13(12)14(15)17-19/h7,9,19H,4-6,8H2,1-3H3,(H2,15,17). The van der Waals surface area contributed by atoms with E-state index in [0.29, 0.717) is 5.92 Å². The molecule has 5 nitrogen and oxygen atoms in total. The molecule has 0 aliphatic carbocycles. The zero-order chi connectivity index (χ0) is 14.0. The highest BCUT2D eigenvalue weighted by molar-refractivity contribution is 6.03. The number of piperidine rings is 1. The number of hydrogen-bond acceptors (Lipinski definition) is 4. The molecule has 1 aromatic rings. The van der Waals surface area contributed by atoms with Gasteiger partial charge in [-0.15, -0.1) is 0 Å². The van der Waals surface area contributed by atoms with Crippen molar-refractivity contribution in [2.24, 2.45) is 16.8 Å². The zero-order valence-corrected chi connectivity index (χ0v) is 11.8. The fraction of sp³-hybridized carbons (Fsp3) is 0.571. The highest BCUT2D eigenvalue weighted by Gasteiger charge is 2.22. The molecule has 1 fully saturated rings. The quantitative estimate of drug-likeness (QED) is 0.370. The van der Waals surface area contributed by atoms with E-state index < -0.39 is 0 Å². The van der Waals surface area contributed by atoms with Crippen LogP contribution in [0.3, 0.4) is 0 Å². The third-order valence-corrected chi connectivity index (χ3v) is 3.67. The van der Waals surface area contributed by atoms with E-state index >= 15 is 0 Å². The fourth-order valence-corrected chi connectivity index (χ4v) is 2.83. The largest absolute Gasteiger partial charge is 0.409 e. The first-order chi connectivity index (χ1) is 9.02. The van der Waals surface area contributed by atoms with Crippen molar-refractivity contribution in [3.05, 3.63) is 23.0 Å². The van der Waals surface area contributed by atoms with Crippen LogP contribution in [0.15, 0.2) is 11.2 Å². The predicted molar refractivity (Wildman–Crippen MR) is 76.8 cm³/mol. The van der Waals surface area contributed by atoms with Crippen LogP contribution in [0.5, 0.6) is 0 Å². The Bertz CT molecular complexity index is 498. The van der Waals surface area contributed by atoms with Crippen molar-refractivity contribution in [1.29, 1.82) is 0 Å². The van der Waals surface area contributed by atoms with Crippen molar-refractivity contribution >= 4 is 11.5 Å². The third-order valence-electron chi connectivity index (χ3n) is 3.67. The van der Waals surface area contributed by atoms with Crippen LogP contribution in [-0.2, 0) is 0 Å². The summed E-state index contributed by atoms with van der Waals surface area (Å²) in [6.07, 6.45) is 2.44. The van der Waals surface area contributed by atoms with Crippen LogP contribution in [-0.4, -0.2) is 29.1 Å². The van der Waals surface area contributed by atoms with Gasteiger partial charge in [-0.2, -0.15) is 0 Å². The number of rotatable bonds is 2. The number of aromatic nitrogens is 1. The summed E-state index contributed by atoms with van der Waals surface area (Å²) in [7, 11) is 0. The van der Waals surface area contributed by atoms with Gasteiger partial charge in [-0.25, -0.2) is 0 Å². The first-order valence-corrected chi connectivity index (χ1v) is 6.74. The SMILES string of the molecule is Cc1cc(N2CCCC(C)C2)c(/C(N)=N/O)c(C)n1. The molecule has 0 radical (unpaired) electrons. The fourth-order valence-electron chi connectivity index (χ4n) is 2.83. The molecule has 1 aliphatic rings. The molecule has 0 amide bonds. The molecule has 1 aromatic heterocycles. The molecule has 1 aliphatic heterocycles. The summed E-state index contributed by atoms with van der Waals surface area (Å²) < 4.78 is 0. The van der Waals surface area contributed by atoms with E-state index in [4.69, 9.17) is 10.9 Å². The second kappa shape index (κ2) is 5.47. The van der Waals surface area contributed by atoms with E-state index in [0.717, 1.165) is 35.7 Å². The number of pyridine rings is 1. The summed E-state index contributed by atoms with van der Waals surface area (Å²) in [6, 6.07) is 2.03. The number of nitrogens with zero attached hydrogens (tertiary/aromatic N) is 3. The molecule has 1 saturated heterocycles. The highest BCUT2D eigenvalue weighted by Crippen LogP contribution is 2.28. The maximum atomic E-state index is 8.97. The normalized spacial score (nSPS) is 20.7. The van der Waals surface area contributed by atoms with Gasteiger partial charge in [0, 0.05) is 18.8 Å².